The van der Waals surface area contributed by atoms with Gasteiger partial charge in [0.05, 0.1) is 5.69 Å². The predicted octanol–water partition coefficient (Wildman–Crippen LogP) is 3.99. The summed E-state index contributed by atoms with van der Waals surface area (Å²) in [6.45, 7) is 0. The lowest BCUT2D eigenvalue weighted by molar-refractivity contribution is -0.117. The molecule has 4 nitrogen and oxygen atoms in total. The Labute approximate surface area is 125 Å². The summed E-state index contributed by atoms with van der Waals surface area (Å²) in [5.41, 5.74) is 2.91. The fourth-order valence-corrected chi connectivity index (χ4v) is 3.02. The molecule has 0 aliphatic heterocycles. The Balaban J connectivity index is 1.56. The van der Waals surface area contributed by atoms with E-state index in [-0.39, 0.29) is 5.91 Å². The van der Waals surface area contributed by atoms with E-state index in [4.69, 9.17) is 0 Å². The number of aromatic nitrogens is 2. The van der Waals surface area contributed by atoms with E-state index in [2.05, 4.69) is 15.5 Å². The molecule has 4 heteroatoms. The van der Waals surface area contributed by atoms with Gasteiger partial charge in [-0.2, -0.15) is 5.10 Å². The van der Waals surface area contributed by atoms with Crippen LogP contribution >= 0.6 is 0 Å². The van der Waals surface area contributed by atoms with Crippen LogP contribution in [0.3, 0.4) is 0 Å². The van der Waals surface area contributed by atoms with Gasteiger partial charge in [-0.3, -0.25) is 9.89 Å². The Morgan fingerprint density at radius 2 is 1.90 bits per heavy atom. The molecule has 0 radical (unpaired) electrons. The zero-order valence-electron chi connectivity index (χ0n) is 12.1. The summed E-state index contributed by atoms with van der Waals surface area (Å²) in [6, 6.07) is 9.79. The zero-order valence-corrected chi connectivity index (χ0v) is 12.1. The molecular formula is C17H21N3O. The van der Waals surface area contributed by atoms with Crippen molar-refractivity contribution in [3.8, 4) is 11.3 Å². The highest BCUT2D eigenvalue weighted by molar-refractivity contribution is 5.91. The number of carbonyl (C=O) groups is 1. The van der Waals surface area contributed by atoms with Gasteiger partial charge in [-0.25, -0.2) is 0 Å². The molecule has 1 saturated carbocycles. The fourth-order valence-electron chi connectivity index (χ4n) is 3.02. The lowest BCUT2D eigenvalue weighted by atomic mass is 9.87. The smallest absolute Gasteiger partial charge is 0.224 e. The van der Waals surface area contributed by atoms with Crippen LogP contribution in [0.2, 0.25) is 0 Å². The van der Waals surface area contributed by atoms with Crippen LogP contribution in [0.5, 0.6) is 0 Å². The van der Waals surface area contributed by atoms with E-state index >= 15 is 0 Å². The van der Waals surface area contributed by atoms with Crippen molar-refractivity contribution in [1.29, 1.82) is 0 Å². The number of carbonyl (C=O) groups excluding carboxylic acids is 1. The zero-order chi connectivity index (χ0) is 14.5. The maximum atomic E-state index is 12.1. The monoisotopic (exact) mass is 283 g/mol. The van der Waals surface area contributed by atoms with Gasteiger partial charge in [-0.05, 0) is 42.5 Å². The second kappa shape index (κ2) is 6.57. The van der Waals surface area contributed by atoms with E-state index in [0.717, 1.165) is 16.9 Å². The minimum Gasteiger partial charge on any atom is -0.326 e. The van der Waals surface area contributed by atoms with Crippen molar-refractivity contribution >= 4 is 11.6 Å². The van der Waals surface area contributed by atoms with Gasteiger partial charge in [0.2, 0.25) is 5.91 Å². The largest absolute Gasteiger partial charge is 0.326 e. The number of benzene rings is 1. The molecule has 0 atom stereocenters. The summed E-state index contributed by atoms with van der Waals surface area (Å²) in [6.07, 6.45) is 8.66. The van der Waals surface area contributed by atoms with Gasteiger partial charge in [0.15, 0.2) is 0 Å². The minimum absolute atomic E-state index is 0.135. The highest BCUT2D eigenvalue weighted by Gasteiger charge is 2.16. The van der Waals surface area contributed by atoms with E-state index in [0.29, 0.717) is 12.3 Å². The molecule has 21 heavy (non-hydrogen) atoms. The Morgan fingerprint density at radius 1 is 1.14 bits per heavy atom. The van der Waals surface area contributed by atoms with E-state index in [1.54, 1.807) is 6.20 Å². The van der Waals surface area contributed by atoms with Crippen molar-refractivity contribution in [3.63, 3.8) is 0 Å². The van der Waals surface area contributed by atoms with Gasteiger partial charge < -0.3 is 5.32 Å². The van der Waals surface area contributed by atoms with Gasteiger partial charge in [0.25, 0.3) is 0 Å². The molecule has 2 aromatic rings. The first-order valence-electron chi connectivity index (χ1n) is 7.71. The molecule has 1 aromatic carbocycles. The molecule has 1 aromatic heterocycles. The number of amides is 1. The van der Waals surface area contributed by atoms with Crippen molar-refractivity contribution in [1.82, 2.24) is 10.2 Å². The van der Waals surface area contributed by atoms with Crippen molar-refractivity contribution in [2.45, 2.75) is 38.5 Å². The summed E-state index contributed by atoms with van der Waals surface area (Å²) >= 11 is 0. The van der Waals surface area contributed by atoms with E-state index in [9.17, 15) is 4.79 Å². The second-order valence-corrected chi connectivity index (χ2v) is 5.80. The van der Waals surface area contributed by atoms with Crippen LogP contribution in [0.15, 0.2) is 36.5 Å². The maximum absolute atomic E-state index is 12.1. The number of anilines is 1. The third-order valence-electron chi connectivity index (χ3n) is 4.18. The van der Waals surface area contributed by atoms with Gasteiger partial charge >= 0.3 is 0 Å². The number of nitrogens with one attached hydrogen (secondary N) is 2. The first kappa shape index (κ1) is 13.9. The number of aromatic amines is 1. The Hall–Kier alpha value is -2.10. The van der Waals surface area contributed by atoms with Crippen molar-refractivity contribution in [2.24, 2.45) is 5.92 Å². The highest BCUT2D eigenvalue weighted by atomic mass is 16.1. The second-order valence-electron chi connectivity index (χ2n) is 5.80. The average Bonchev–Trinajstić information content (AvgIpc) is 3.03. The third kappa shape index (κ3) is 3.72. The summed E-state index contributed by atoms with van der Waals surface area (Å²) in [5.74, 6) is 0.708. The lowest BCUT2D eigenvalue weighted by Crippen LogP contribution is -2.18. The van der Waals surface area contributed by atoms with Gasteiger partial charge in [0.1, 0.15) is 0 Å². The van der Waals surface area contributed by atoms with Crippen LogP contribution < -0.4 is 5.32 Å². The Morgan fingerprint density at radius 3 is 2.57 bits per heavy atom. The average molecular weight is 283 g/mol. The van der Waals surface area contributed by atoms with Gasteiger partial charge in [-0.15, -0.1) is 0 Å². The highest BCUT2D eigenvalue weighted by Crippen LogP contribution is 2.26. The first-order valence-corrected chi connectivity index (χ1v) is 7.71. The van der Waals surface area contributed by atoms with Gasteiger partial charge in [-0.1, -0.05) is 31.4 Å². The Kier molecular flexibility index (Phi) is 4.34. The van der Waals surface area contributed by atoms with E-state index in [1.807, 2.05) is 30.3 Å². The van der Waals surface area contributed by atoms with Gasteiger partial charge in [0, 0.05) is 18.3 Å². The number of rotatable bonds is 4. The van der Waals surface area contributed by atoms with E-state index in [1.165, 1.54) is 32.1 Å². The summed E-state index contributed by atoms with van der Waals surface area (Å²) in [5, 5.41) is 9.87. The van der Waals surface area contributed by atoms with Crippen LogP contribution in [0, 0.1) is 5.92 Å². The lowest BCUT2D eigenvalue weighted by Gasteiger charge is -2.20. The topological polar surface area (TPSA) is 57.8 Å². The summed E-state index contributed by atoms with van der Waals surface area (Å²) in [4.78, 5) is 12.1. The molecule has 110 valence electrons. The molecule has 0 spiro atoms. The number of H-pyrrole nitrogens is 1. The number of hydrogen-bond donors (Lipinski definition) is 2. The fraction of sp³-hybridized carbons (Fsp3) is 0.412. The normalized spacial score (nSPS) is 15.8. The molecule has 1 amide bonds. The summed E-state index contributed by atoms with van der Waals surface area (Å²) in [7, 11) is 0. The Bertz CT molecular complexity index is 569. The van der Waals surface area contributed by atoms with Crippen LogP contribution in [0.25, 0.3) is 11.3 Å². The minimum atomic E-state index is 0.135. The van der Waals surface area contributed by atoms with Crippen LogP contribution in [-0.2, 0) is 4.79 Å². The molecule has 1 fully saturated rings. The van der Waals surface area contributed by atoms with Crippen molar-refractivity contribution in [2.75, 3.05) is 5.32 Å². The van der Waals surface area contributed by atoms with E-state index < -0.39 is 0 Å². The molecule has 0 bridgehead atoms. The van der Waals surface area contributed by atoms with Crippen LogP contribution in [-0.4, -0.2) is 16.1 Å². The van der Waals surface area contributed by atoms with Crippen LogP contribution in [0.4, 0.5) is 5.69 Å². The number of hydrogen-bond acceptors (Lipinski definition) is 2. The maximum Gasteiger partial charge on any atom is 0.224 e. The molecular weight excluding hydrogens is 262 g/mol. The molecule has 2 N–H and O–H groups in total. The predicted molar refractivity (Wildman–Crippen MR) is 83.8 cm³/mol. The standard InChI is InChI=1S/C17H21N3O/c21-17(12-13-4-2-1-3-5-13)19-15-8-6-14(7-9-15)16-10-11-18-20-16/h6-11,13H,1-5,12H2,(H,18,20)(H,19,21). The quantitative estimate of drug-likeness (QED) is 0.891. The molecule has 1 heterocycles. The van der Waals surface area contributed by atoms with Crippen molar-refractivity contribution < 1.29 is 4.79 Å². The SMILES string of the molecule is O=C(CC1CCCCC1)Nc1ccc(-c2ccn[nH]2)cc1. The molecule has 3 rings (SSSR count). The summed E-state index contributed by atoms with van der Waals surface area (Å²) < 4.78 is 0. The van der Waals surface area contributed by atoms with Crippen LogP contribution in [0.1, 0.15) is 38.5 Å². The molecule has 1 aliphatic rings. The van der Waals surface area contributed by atoms with Crippen molar-refractivity contribution in [3.05, 3.63) is 36.5 Å². The molecule has 0 saturated heterocycles. The number of nitrogens with zero attached hydrogens (tertiary/aromatic N) is 1. The molecule has 1 aliphatic carbocycles. The third-order valence-corrected chi connectivity index (χ3v) is 4.18. The molecule has 0 unspecified atom stereocenters. The first-order chi connectivity index (χ1) is 10.3.